The van der Waals surface area contributed by atoms with Crippen molar-refractivity contribution in [1.82, 2.24) is 10.3 Å². The fourth-order valence-corrected chi connectivity index (χ4v) is 4.52. The molecule has 0 unspecified atom stereocenters. The third-order valence-electron chi connectivity index (χ3n) is 4.97. The van der Waals surface area contributed by atoms with Gasteiger partial charge in [-0.05, 0) is 63.0 Å². The van der Waals surface area contributed by atoms with Crippen LogP contribution in [0.1, 0.15) is 54.5 Å². The number of pyridine rings is 1. The lowest BCUT2D eigenvalue weighted by atomic mass is 10.0. The van der Waals surface area contributed by atoms with Crippen molar-refractivity contribution >= 4 is 17.7 Å². The van der Waals surface area contributed by atoms with E-state index >= 15 is 0 Å². The van der Waals surface area contributed by atoms with E-state index in [-0.39, 0.29) is 11.7 Å². The summed E-state index contributed by atoms with van der Waals surface area (Å²) in [7, 11) is 0. The minimum absolute atomic E-state index is 0.160. The van der Waals surface area contributed by atoms with Crippen LogP contribution in [0.5, 0.6) is 0 Å². The Morgan fingerprint density at radius 1 is 1.29 bits per heavy atom. The summed E-state index contributed by atoms with van der Waals surface area (Å²) in [6, 6.07) is 4.50. The molecule has 1 saturated carbocycles. The zero-order valence-corrected chi connectivity index (χ0v) is 14.6. The van der Waals surface area contributed by atoms with Gasteiger partial charge in [0.05, 0.1) is 17.4 Å². The Morgan fingerprint density at radius 2 is 2.04 bits per heavy atom. The molecule has 2 aliphatic rings. The van der Waals surface area contributed by atoms with Crippen LogP contribution < -0.4 is 5.32 Å². The van der Waals surface area contributed by atoms with E-state index in [1.54, 1.807) is 0 Å². The van der Waals surface area contributed by atoms with Crippen molar-refractivity contribution in [1.29, 1.82) is 10.5 Å². The van der Waals surface area contributed by atoms with Crippen molar-refractivity contribution in [2.45, 2.75) is 62.4 Å². The normalized spacial score (nSPS) is 17.8. The summed E-state index contributed by atoms with van der Waals surface area (Å²) in [6.07, 6.45) is 6.40. The zero-order chi connectivity index (χ0) is 17.2. The first-order valence-electron chi connectivity index (χ1n) is 8.36. The number of nitrogens with one attached hydrogen (secondary N) is 1. The van der Waals surface area contributed by atoms with Crippen molar-refractivity contribution in [3.63, 3.8) is 0 Å². The lowest BCUT2D eigenvalue weighted by molar-refractivity contribution is -0.119. The number of aromatic nitrogens is 1. The minimum atomic E-state index is -0.697. The molecule has 0 aromatic carbocycles. The maximum atomic E-state index is 12.3. The molecular weight excluding hydrogens is 320 g/mol. The number of fused-ring (bicyclic) bond motifs is 1. The molecule has 124 valence electrons. The lowest BCUT2D eigenvalue weighted by Crippen LogP contribution is -2.45. The van der Waals surface area contributed by atoms with Crippen molar-refractivity contribution in [3.8, 4) is 12.1 Å². The zero-order valence-electron chi connectivity index (χ0n) is 13.8. The highest BCUT2D eigenvalue weighted by atomic mass is 32.2. The molecule has 0 aliphatic heterocycles. The van der Waals surface area contributed by atoms with Gasteiger partial charge in [-0.2, -0.15) is 10.5 Å². The maximum Gasteiger partial charge on any atom is 0.231 e. The van der Waals surface area contributed by atoms with Gasteiger partial charge >= 0.3 is 0 Å². The number of nitrogens with zero attached hydrogens (tertiary/aromatic N) is 3. The van der Waals surface area contributed by atoms with Crippen LogP contribution in [0.25, 0.3) is 0 Å². The summed E-state index contributed by atoms with van der Waals surface area (Å²) < 4.78 is 0. The molecule has 24 heavy (non-hydrogen) atoms. The van der Waals surface area contributed by atoms with Gasteiger partial charge in [-0.25, -0.2) is 4.98 Å². The minimum Gasteiger partial charge on any atom is -0.337 e. The number of carbonyl (C=O) groups excluding carboxylic acids is 1. The van der Waals surface area contributed by atoms with E-state index in [0.29, 0.717) is 10.6 Å². The molecule has 6 heteroatoms. The summed E-state index contributed by atoms with van der Waals surface area (Å²) in [5, 5.41) is 22.3. The Bertz CT molecular complexity index is 754. The highest BCUT2D eigenvalue weighted by Gasteiger charge is 2.35. The molecule has 1 aromatic rings. The van der Waals surface area contributed by atoms with Crippen LogP contribution in [0.15, 0.2) is 5.03 Å². The highest BCUT2D eigenvalue weighted by molar-refractivity contribution is 8.00. The Balaban J connectivity index is 1.71. The summed E-state index contributed by atoms with van der Waals surface area (Å²) in [6.45, 7) is 1.97. The SMILES string of the molecule is Cc1c(C#N)c(SCC(=O)NC2(C#N)CCCC2)nc2c1CCC2. The van der Waals surface area contributed by atoms with Crippen LogP contribution >= 0.6 is 11.8 Å². The quantitative estimate of drug-likeness (QED) is 0.851. The maximum absolute atomic E-state index is 12.3. The highest BCUT2D eigenvalue weighted by Crippen LogP contribution is 2.32. The van der Waals surface area contributed by atoms with Gasteiger partial charge < -0.3 is 5.32 Å². The number of rotatable bonds is 4. The Labute approximate surface area is 146 Å². The molecule has 1 N–H and O–H groups in total. The molecule has 2 aliphatic carbocycles. The third-order valence-corrected chi connectivity index (χ3v) is 5.94. The molecule has 0 bridgehead atoms. The molecule has 1 heterocycles. The summed E-state index contributed by atoms with van der Waals surface area (Å²) >= 11 is 1.30. The molecule has 0 atom stereocenters. The van der Waals surface area contributed by atoms with E-state index in [1.165, 1.54) is 17.3 Å². The van der Waals surface area contributed by atoms with Gasteiger partial charge in [0.15, 0.2) is 0 Å². The van der Waals surface area contributed by atoms with Crippen molar-refractivity contribution < 1.29 is 4.79 Å². The number of thioether (sulfide) groups is 1. The second kappa shape index (κ2) is 6.83. The van der Waals surface area contributed by atoms with E-state index < -0.39 is 5.54 Å². The number of nitriles is 2. The van der Waals surface area contributed by atoms with Crippen molar-refractivity contribution in [2.75, 3.05) is 5.75 Å². The predicted octanol–water partition coefficient (Wildman–Crippen LogP) is 2.80. The molecule has 1 fully saturated rings. The standard InChI is InChI=1S/C18H20N4OS/c1-12-13-5-4-6-15(13)21-17(14(12)9-19)24-10-16(23)22-18(11-20)7-2-3-8-18/h2-8,10H2,1H3,(H,22,23). The van der Waals surface area contributed by atoms with E-state index in [1.807, 2.05) is 6.92 Å². The predicted molar refractivity (Wildman–Crippen MR) is 91.4 cm³/mol. The Kier molecular flexibility index (Phi) is 4.78. The van der Waals surface area contributed by atoms with Crippen LogP contribution in [0.4, 0.5) is 0 Å². The molecule has 1 aromatic heterocycles. The number of amides is 1. The van der Waals surface area contributed by atoms with E-state index in [2.05, 4.69) is 22.4 Å². The average molecular weight is 340 g/mol. The molecular formula is C18H20N4OS. The van der Waals surface area contributed by atoms with E-state index in [4.69, 9.17) is 0 Å². The summed E-state index contributed by atoms with van der Waals surface area (Å²) in [4.78, 5) is 16.9. The number of aryl methyl sites for hydroxylation is 1. The third kappa shape index (κ3) is 3.12. The number of carbonyl (C=O) groups is 1. The van der Waals surface area contributed by atoms with E-state index in [0.717, 1.165) is 56.2 Å². The lowest BCUT2D eigenvalue weighted by Gasteiger charge is -2.21. The van der Waals surface area contributed by atoms with Gasteiger partial charge in [-0.3, -0.25) is 4.79 Å². The Hall–Kier alpha value is -2.05. The first kappa shape index (κ1) is 16.8. The van der Waals surface area contributed by atoms with Crippen LogP contribution in [-0.2, 0) is 17.6 Å². The van der Waals surface area contributed by atoms with Crippen molar-refractivity contribution in [3.05, 3.63) is 22.4 Å². The van der Waals surface area contributed by atoms with Gasteiger partial charge in [0.25, 0.3) is 0 Å². The van der Waals surface area contributed by atoms with E-state index in [9.17, 15) is 15.3 Å². The topological polar surface area (TPSA) is 89.6 Å². The van der Waals surface area contributed by atoms with Gasteiger partial charge in [0.1, 0.15) is 16.6 Å². The molecule has 1 amide bonds. The molecule has 0 spiro atoms. The largest absolute Gasteiger partial charge is 0.337 e. The summed E-state index contributed by atoms with van der Waals surface area (Å²) in [5.41, 5.74) is 3.17. The number of hydrogen-bond donors (Lipinski definition) is 1. The molecule has 5 nitrogen and oxygen atoms in total. The van der Waals surface area contributed by atoms with Crippen LogP contribution in [0.3, 0.4) is 0 Å². The molecule has 3 rings (SSSR count). The van der Waals surface area contributed by atoms with Crippen LogP contribution in [0.2, 0.25) is 0 Å². The second-order valence-corrected chi connectivity index (χ2v) is 7.51. The first-order chi connectivity index (χ1) is 11.6. The van der Waals surface area contributed by atoms with Crippen LogP contribution in [-0.4, -0.2) is 22.2 Å². The van der Waals surface area contributed by atoms with Crippen LogP contribution in [0, 0.1) is 29.6 Å². The van der Waals surface area contributed by atoms with Gasteiger partial charge in [-0.1, -0.05) is 11.8 Å². The monoisotopic (exact) mass is 340 g/mol. The first-order valence-corrected chi connectivity index (χ1v) is 9.34. The fourth-order valence-electron chi connectivity index (χ4n) is 3.66. The molecule has 0 saturated heterocycles. The van der Waals surface area contributed by atoms with Crippen molar-refractivity contribution in [2.24, 2.45) is 0 Å². The van der Waals surface area contributed by atoms with Gasteiger partial charge in [0, 0.05) is 5.69 Å². The summed E-state index contributed by atoms with van der Waals surface area (Å²) in [5.74, 6) is 0.0240. The smallest absolute Gasteiger partial charge is 0.231 e. The Morgan fingerprint density at radius 3 is 2.71 bits per heavy atom. The molecule has 0 radical (unpaired) electrons. The second-order valence-electron chi connectivity index (χ2n) is 6.55. The number of hydrogen-bond acceptors (Lipinski definition) is 5. The average Bonchev–Trinajstić information content (AvgIpc) is 3.23. The van der Waals surface area contributed by atoms with Gasteiger partial charge in [-0.15, -0.1) is 0 Å². The fraction of sp³-hybridized carbons (Fsp3) is 0.556. The van der Waals surface area contributed by atoms with Gasteiger partial charge in [0.2, 0.25) is 5.91 Å².